The number of hydrogen-bond acceptors (Lipinski definition) is 4. The summed E-state index contributed by atoms with van der Waals surface area (Å²) in [7, 11) is 0. The molecule has 0 spiro atoms. The Morgan fingerprint density at radius 3 is 2.74 bits per heavy atom. The first kappa shape index (κ1) is 15.4. The fourth-order valence-corrected chi connectivity index (χ4v) is 3.10. The molecule has 3 rings (SSSR count). The number of nitrogens with one attached hydrogen (secondary N) is 1. The fraction of sp³-hybridized carbons (Fsp3) is 0.167. The van der Waals surface area contributed by atoms with Gasteiger partial charge in [0.05, 0.1) is 0 Å². The summed E-state index contributed by atoms with van der Waals surface area (Å²) in [5.41, 5.74) is 3.75. The van der Waals surface area contributed by atoms with E-state index in [4.69, 9.17) is 0 Å². The molecule has 0 aliphatic rings. The quantitative estimate of drug-likeness (QED) is 0.789. The fourth-order valence-electron chi connectivity index (χ4n) is 2.27. The van der Waals surface area contributed by atoms with Crippen LogP contribution in [0.5, 0.6) is 0 Å². The molecular weight excluding hydrogens is 306 g/mol. The highest BCUT2D eigenvalue weighted by atomic mass is 32.1. The number of hydrogen-bond donors (Lipinski definition) is 1. The SMILES string of the molecule is Cc1cccc(C(=O)Nc2ncc(Cc3ccccc3C)s2)n1. The molecule has 2 heterocycles. The predicted molar refractivity (Wildman–Crippen MR) is 93.0 cm³/mol. The zero-order chi connectivity index (χ0) is 16.2. The van der Waals surface area contributed by atoms with Crippen molar-refractivity contribution >= 4 is 22.4 Å². The Balaban J connectivity index is 1.70. The molecule has 0 bridgehead atoms. The van der Waals surface area contributed by atoms with Gasteiger partial charge in [0.1, 0.15) is 5.69 Å². The number of carbonyl (C=O) groups excluding carboxylic acids is 1. The van der Waals surface area contributed by atoms with E-state index in [1.807, 2.05) is 37.4 Å². The van der Waals surface area contributed by atoms with E-state index in [1.54, 1.807) is 6.07 Å². The molecule has 116 valence electrons. The van der Waals surface area contributed by atoms with Crippen LogP contribution in [0.1, 0.15) is 32.2 Å². The molecule has 0 fully saturated rings. The molecule has 0 unspecified atom stereocenters. The second kappa shape index (κ2) is 6.71. The van der Waals surface area contributed by atoms with Crippen LogP contribution in [0.2, 0.25) is 0 Å². The molecule has 1 N–H and O–H groups in total. The average molecular weight is 323 g/mol. The number of carbonyl (C=O) groups is 1. The first-order valence-corrected chi connectivity index (χ1v) is 8.18. The van der Waals surface area contributed by atoms with Crippen molar-refractivity contribution in [3.8, 4) is 0 Å². The Bertz CT molecular complexity index is 842. The summed E-state index contributed by atoms with van der Waals surface area (Å²) >= 11 is 1.49. The van der Waals surface area contributed by atoms with Gasteiger partial charge in [0.15, 0.2) is 5.13 Å². The van der Waals surface area contributed by atoms with Crippen molar-refractivity contribution < 1.29 is 4.79 Å². The van der Waals surface area contributed by atoms with Gasteiger partial charge in [-0.05, 0) is 37.1 Å². The number of pyridine rings is 1. The van der Waals surface area contributed by atoms with Crippen molar-refractivity contribution in [2.75, 3.05) is 5.32 Å². The average Bonchev–Trinajstić information content (AvgIpc) is 2.97. The Kier molecular flexibility index (Phi) is 4.48. The number of aromatic nitrogens is 2. The maximum atomic E-state index is 12.2. The van der Waals surface area contributed by atoms with Crippen LogP contribution < -0.4 is 5.32 Å². The molecule has 0 aliphatic carbocycles. The van der Waals surface area contributed by atoms with Crippen LogP contribution in [0.25, 0.3) is 0 Å². The Morgan fingerprint density at radius 1 is 1.13 bits per heavy atom. The maximum Gasteiger partial charge on any atom is 0.276 e. The maximum absolute atomic E-state index is 12.2. The molecule has 0 aliphatic heterocycles. The number of nitrogens with zero attached hydrogens (tertiary/aromatic N) is 2. The zero-order valence-corrected chi connectivity index (χ0v) is 13.9. The summed E-state index contributed by atoms with van der Waals surface area (Å²) in [6.45, 7) is 3.96. The smallest absolute Gasteiger partial charge is 0.276 e. The van der Waals surface area contributed by atoms with E-state index in [9.17, 15) is 4.79 Å². The number of rotatable bonds is 4. The lowest BCUT2D eigenvalue weighted by molar-refractivity contribution is 0.102. The Labute approximate surface area is 139 Å². The normalized spacial score (nSPS) is 10.5. The van der Waals surface area contributed by atoms with Crippen molar-refractivity contribution in [2.24, 2.45) is 0 Å². The van der Waals surface area contributed by atoms with Crippen molar-refractivity contribution in [1.82, 2.24) is 9.97 Å². The molecule has 1 amide bonds. The monoisotopic (exact) mass is 323 g/mol. The Morgan fingerprint density at radius 2 is 1.96 bits per heavy atom. The summed E-state index contributed by atoms with van der Waals surface area (Å²) < 4.78 is 0. The van der Waals surface area contributed by atoms with E-state index in [-0.39, 0.29) is 5.91 Å². The molecule has 23 heavy (non-hydrogen) atoms. The van der Waals surface area contributed by atoms with E-state index in [0.717, 1.165) is 17.0 Å². The standard InChI is InChI=1S/C18H17N3OS/c1-12-6-3-4-8-14(12)10-15-11-19-18(23-15)21-17(22)16-9-5-7-13(2)20-16/h3-9,11H,10H2,1-2H3,(H,19,21,22). The Hall–Kier alpha value is -2.53. The first-order valence-electron chi connectivity index (χ1n) is 7.36. The summed E-state index contributed by atoms with van der Waals surface area (Å²) in [5.74, 6) is -0.231. The van der Waals surface area contributed by atoms with Gasteiger partial charge in [0, 0.05) is 23.2 Å². The van der Waals surface area contributed by atoms with Gasteiger partial charge >= 0.3 is 0 Å². The third-order valence-electron chi connectivity index (χ3n) is 3.52. The minimum atomic E-state index is -0.231. The highest BCUT2D eigenvalue weighted by Gasteiger charge is 2.11. The molecular formula is C18H17N3OS. The molecule has 3 aromatic rings. The number of benzene rings is 1. The third-order valence-corrected chi connectivity index (χ3v) is 4.43. The van der Waals surface area contributed by atoms with Crippen molar-refractivity contribution in [1.29, 1.82) is 0 Å². The van der Waals surface area contributed by atoms with E-state index < -0.39 is 0 Å². The molecule has 0 saturated heterocycles. The van der Waals surface area contributed by atoms with E-state index in [1.165, 1.54) is 22.5 Å². The van der Waals surface area contributed by atoms with Gasteiger partial charge in [0.2, 0.25) is 0 Å². The predicted octanol–water partition coefficient (Wildman–Crippen LogP) is 4.00. The summed E-state index contributed by atoms with van der Waals surface area (Å²) in [4.78, 5) is 21.8. The molecule has 0 atom stereocenters. The molecule has 4 nitrogen and oxygen atoms in total. The molecule has 0 radical (unpaired) electrons. The van der Waals surface area contributed by atoms with Crippen LogP contribution in [0, 0.1) is 13.8 Å². The minimum Gasteiger partial charge on any atom is -0.296 e. The van der Waals surface area contributed by atoms with Crippen LogP contribution in [-0.2, 0) is 6.42 Å². The first-order chi connectivity index (χ1) is 11.1. The van der Waals surface area contributed by atoms with Gasteiger partial charge in [-0.15, -0.1) is 11.3 Å². The second-order valence-electron chi connectivity index (χ2n) is 5.35. The van der Waals surface area contributed by atoms with Crippen LogP contribution >= 0.6 is 11.3 Å². The van der Waals surface area contributed by atoms with Crippen molar-refractivity contribution in [3.63, 3.8) is 0 Å². The van der Waals surface area contributed by atoms with E-state index in [2.05, 4.69) is 34.3 Å². The van der Waals surface area contributed by atoms with Gasteiger partial charge in [-0.25, -0.2) is 9.97 Å². The van der Waals surface area contributed by atoms with Crippen LogP contribution in [0.4, 0.5) is 5.13 Å². The third kappa shape index (κ3) is 3.81. The van der Waals surface area contributed by atoms with Crippen LogP contribution in [0.15, 0.2) is 48.7 Å². The molecule has 5 heteroatoms. The molecule has 0 saturated carbocycles. The van der Waals surface area contributed by atoms with Crippen molar-refractivity contribution in [2.45, 2.75) is 20.3 Å². The summed E-state index contributed by atoms with van der Waals surface area (Å²) in [6.07, 6.45) is 2.64. The van der Waals surface area contributed by atoms with Gasteiger partial charge in [-0.3, -0.25) is 10.1 Å². The topological polar surface area (TPSA) is 54.9 Å². The minimum absolute atomic E-state index is 0.231. The molecule has 2 aromatic heterocycles. The summed E-state index contributed by atoms with van der Waals surface area (Å²) in [6, 6.07) is 13.7. The number of thiazole rings is 1. The van der Waals surface area contributed by atoms with Crippen molar-refractivity contribution in [3.05, 3.63) is 76.1 Å². The van der Waals surface area contributed by atoms with Gasteiger partial charge in [0.25, 0.3) is 5.91 Å². The number of amides is 1. The highest BCUT2D eigenvalue weighted by molar-refractivity contribution is 7.15. The van der Waals surface area contributed by atoms with E-state index >= 15 is 0 Å². The van der Waals surface area contributed by atoms with Crippen LogP contribution in [-0.4, -0.2) is 15.9 Å². The lowest BCUT2D eigenvalue weighted by Crippen LogP contribution is -2.13. The van der Waals surface area contributed by atoms with E-state index in [0.29, 0.717) is 10.8 Å². The van der Waals surface area contributed by atoms with Gasteiger partial charge in [-0.2, -0.15) is 0 Å². The van der Waals surface area contributed by atoms with Gasteiger partial charge < -0.3 is 0 Å². The second-order valence-corrected chi connectivity index (χ2v) is 6.47. The number of anilines is 1. The van der Waals surface area contributed by atoms with Crippen LogP contribution in [0.3, 0.4) is 0 Å². The zero-order valence-electron chi connectivity index (χ0n) is 13.0. The lowest BCUT2D eigenvalue weighted by atomic mass is 10.1. The highest BCUT2D eigenvalue weighted by Crippen LogP contribution is 2.22. The number of aryl methyl sites for hydroxylation is 2. The molecule has 1 aromatic carbocycles. The summed E-state index contributed by atoms with van der Waals surface area (Å²) in [5, 5.41) is 3.41. The van der Waals surface area contributed by atoms with Gasteiger partial charge in [-0.1, -0.05) is 30.3 Å². The largest absolute Gasteiger partial charge is 0.296 e. The lowest BCUT2D eigenvalue weighted by Gasteiger charge is -2.03.